The van der Waals surface area contributed by atoms with Crippen molar-refractivity contribution in [2.45, 2.75) is 54.6 Å². The van der Waals surface area contributed by atoms with Gasteiger partial charge in [-0.3, -0.25) is 0 Å². The summed E-state index contributed by atoms with van der Waals surface area (Å²) in [6.07, 6.45) is 1.09. The summed E-state index contributed by atoms with van der Waals surface area (Å²) in [6, 6.07) is 49.8. The molecular formula is C48H58O6. The number of hydrogen-bond donors (Lipinski definition) is 0. The first kappa shape index (κ1) is 44.6. The summed E-state index contributed by atoms with van der Waals surface area (Å²) in [5.74, 6) is 2.55. The SMILES string of the molecule is CCCOCc1ccccc1.CCOc1ccc(C)cc1.CCOc1ccc2ccccc2c1.CCOc1ccccc1.COC(=O)c1ccc(C)cc1. The first-order chi connectivity index (χ1) is 26.3. The zero-order chi connectivity index (χ0) is 39.2. The molecule has 0 atom stereocenters. The maximum absolute atomic E-state index is 10.9. The van der Waals surface area contributed by atoms with Gasteiger partial charge in [-0.1, -0.05) is 121 Å². The number of hydrogen-bond acceptors (Lipinski definition) is 6. The van der Waals surface area contributed by atoms with Crippen LogP contribution in [-0.4, -0.2) is 39.5 Å². The monoisotopic (exact) mass is 730 g/mol. The van der Waals surface area contributed by atoms with Crippen LogP contribution in [0, 0.1) is 13.8 Å². The van der Waals surface area contributed by atoms with Crippen LogP contribution < -0.4 is 14.2 Å². The number of methoxy groups -OCH3 is 1. The minimum Gasteiger partial charge on any atom is -0.494 e. The minimum absolute atomic E-state index is 0.287. The maximum Gasteiger partial charge on any atom is 0.337 e. The van der Waals surface area contributed by atoms with Crippen LogP contribution in [-0.2, 0) is 16.1 Å². The summed E-state index contributed by atoms with van der Waals surface area (Å²) in [5, 5.41) is 2.49. The minimum atomic E-state index is -0.287. The summed E-state index contributed by atoms with van der Waals surface area (Å²) in [7, 11) is 1.38. The van der Waals surface area contributed by atoms with Gasteiger partial charge >= 0.3 is 5.97 Å². The lowest BCUT2D eigenvalue weighted by atomic mass is 10.1. The molecule has 0 aliphatic rings. The predicted octanol–water partition coefficient (Wildman–Crippen LogP) is 12.1. The molecule has 0 amide bonds. The Hall–Kier alpha value is -5.59. The number of benzene rings is 6. The van der Waals surface area contributed by atoms with E-state index in [9.17, 15) is 4.79 Å². The molecule has 286 valence electrons. The number of aryl methyl sites for hydroxylation is 2. The normalized spacial score (nSPS) is 9.61. The molecule has 6 heteroatoms. The summed E-state index contributed by atoms with van der Waals surface area (Å²) < 4.78 is 25.8. The number of carbonyl (C=O) groups excluding carboxylic acids is 1. The molecule has 0 aliphatic carbocycles. The molecule has 6 nitrogen and oxygen atoms in total. The lowest BCUT2D eigenvalue weighted by molar-refractivity contribution is 0.0600. The summed E-state index contributed by atoms with van der Waals surface area (Å²) in [5.41, 5.74) is 4.25. The van der Waals surface area contributed by atoms with Gasteiger partial charge in [0.2, 0.25) is 0 Å². The molecule has 0 fully saturated rings. The van der Waals surface area contributed by atoms with E-state index >= 15 is 0 Å². The van der Waals surface area contributed by atoms with Gasteiger partial charge in [-0.05, 0) is 106 Å². The van der Waals surface area contributed by atoms with E-state index in [0.717, 1.165) is 62.3 Å². The van der Waals surface area contributed by atoms with Gasteiger partial charge in [-0.25, -0.2) is 4.79 Å². The fraction of sp³-hybridized carbons (Fsp3) is 0.271. The topological polar surface area (TPSA) is 63.2 Å². The van der Waals surface area contributed by atoms with Crippen molar-refractivity contribution >= 4 is 16.7 Å². The Labute approximate surface area is 323 Å². The predicted molar refractivity (Wildman–Crippen MR) is 224 cm³/mol. The van der Waals surface area contributed by atoms with Crippen LogP contribution in [0.5, 0.6) is 17.2 Å². The van der Waals surface area contributed by atoms with Crippen LogP contribution in [0.25, 0.3) is 10.8 Å². The fourth-order valence-electron chi connectivity index (χ4n) is 4.62. The molecule has 54 heavy (non-hydrogen) atoms. The largest absolute Gasteiger partial charge is 0.494 e. The van der Waals surface area contributed by atoms with E-state index in [1.54, 1.807) is 12.1 Å². The molecule has 0 heterocycles. The molecule has 0 N–H and O–H groups in total. The van der Waals surface area contributed by atoms with E-state index < -0.39 is 0 Å². The molecule has 6 aromatic rings. The number of carbonyl (C=O) groups is 1. The van der Waals surface area contributed by atoms with Crippen molar-refractivity contribution in [3.63, 3.8) is 0 Å². The molecule has 0 saturated heterocycles. The van der Waals surface area contributed by atoms with E-state index in [2.05, 4.69) is 55.0 Å². The third kappa shape index (κ3) is 19.3. The van der Waals surface area contributed by atoms with Crippen LogP contribution in [0.15, 0.2) is 152 Å². The second-order valence-electron chi connectivity index (χ2n) is 11.8. The number of rotatable bonds is 11. The van der Waals surface area contributed by atoms with E-state index in [1.807, 2.05) is 131 Å². The van der Waals surface area contributed by atoms with Crippen LogP contribution >= 0.6 is 0 Å². The van der Waals surface area contributed by atoms with E-state index in [0.29, 0.717) is 5.56 Å². The van der Waals surface area contributed by atoms with Crippen molar-refractivity contribution in [1.82, 2.24) is 0 Å². The van der Waals surface area contributed by atoms with E-state index in [-0.39, 0.29) is 5.97 Å². The molecule has 0 radical (unpaired) electrons. The number of para-hydroxylation sites is 1. The molecule has 6 rings (SSSR count). The highest BCUT2D eigenvalue weighted by molar-refractivity contribution is 5.89. The van der Waals surface area contributed by atoms with Gasteiger partial charge in [0.15, 0.2) is 0 Å². The van der Waals surface area contributed by atoms with Crippen LogP contribution in [0.4, 0.5) is 0 Å². The molecule has 0 saturated carbocycles. The first-order valence-corrected chi connectivity index (χ1v) is 18.6. The molecule has 0 aromatic heterocycles. The van der Waals surface area contributed by atoms with Crippen molar-refractivity contribution in [2.75, 3.05) is 33.5 Å². The Morgan fingerprint density at radius 2 is 0.963 bits per heavy atom. The Balaban J connectivity index is 0.000000235. The lowest BCUT2D eigenvalue weighted by Crippen LogP contribution is -2.00. The van der Waals surface area contributed by atoms with Gasteiger partial charge in [0.25, 0.3) is 0 Å². The van der Waals surface area contributed by atoms with Crippen LogP contribution in [0.1, 0.15) is 61.2 Å². The van der Waals surface area contributed by atoms with Gasteiger partial charge in [0.1, 0.15) is 17.2 Å². The Bertz CT molecular complexity index is 1800. The lowest BCUT2D eigenvalue weighted by Gasteiger charge is -2.03. The zero-order valence-electron chi connectivity index (χ0n) is 33.1. The molecule has 0 unspecified atom stereocenters. The van der Waals surface area contributed by atoms with Crippen molar-refractivity contribution in [2.24, 2.45) is 0 Å². The second kappa shape index (κ2) is 28.0. The van der Waals surface area contributed by atoms with Gasteiger partial charge in [0, 0.05) is 6.61 Å². The number of ether oxygens (including phenoxy) is 5. The van der Waals surface area contributed by atoms with Crippen molar-refractivity contribution in [1.29, 1.82) is 0 Å². The smallest absolute Gasteiger partial charge is 0.337 e. The van der Waals surface area contributed by atoms with Crippen LogP contribution in [0.2, 0.25) is 0 Å². The number of esters is 1. The Morgan fingerprint density at radius 1 is 0.500 bits per heavy atom. The van der Waals surface area contributed by atoms with Gasteiger partial charge in [-0.2, -0.15) is 0 Å². The maximum atomic E-state index is 10.9. The average Bonchev–Trinajstić information content (AvgIpc) is 3.21. The van der Waals surface area contributed by atoms with Crippen molar-refractivity contribution in [3.8, 4) is 17.2 Å². The number of fused-ring (bicyclic) bond motifs is 1. The van der Waals surface area contributed by atoms with Gasteiger partial charge in [0.05, 0.1) is 39.1 Å². The molecule has 0 spiro atoms. The molecule has 0 bridgehead atoms. The third-order valence-electron chi connectivity index (χ3n) is 7.35. The second-order valence-corrected chi connectivity index (χ2v) is 11.8. The highest BCUT2D eigenvalue weighted by atomic mass is 16.5. The van der Waals surface area contributed by atoms with Gasteiger partial charge in [-0.15, -0.1) is 0 Å². The quantitative estimate of drug-likeness (QED) is 0.0977. The average molecular weight is 731 g/mol. The summed E-state index contributed by atoms with van der Waals surface area (Å²) >= 11 is 0. The molecular weight excluding hydrogens is 673 g/mol. The Morgan fingerprint density at radius 3 is 1.50 bits per heavy atom. The Kier molecular flexibility index (Phi) is 23.1. The van der Waals surface area contributed by atoms with E-state index in [4.69, 9.17) is 18.9 Å². The summed E-state index contributed by atoms with van der Waals surface area (Å²) in [4.78, 5) is 10.9. The third-order valence-corrected chi connectivity index (χ3v) is 7.35. The fourth-order valence-corrected chi connectivity index (χ4v) is 4.62. The highest BCUT2D eigenvalue weighted by Gasteiger charge is 2.02. The zero-order valence-corrected chi connectivity index (χ0v) is 33.1. The summed E-state index contributed by atoms with van der Waals surface area (Å²) in [6.45, 7) is 15.9. The van der Waals surface area contributed by atoms with Gasteiger partial charge < -0.3 is 23.7 Å². The standard InChI is InChI=1S/C12H12O.C10H14O.C9H10O2.C9H12O.C8H10O/c1-2-13-12-8-7-10-5-3-4-6-11(10)9-12;1-2-8-11-9-10-6-4-3-5-7-10;1-7-3-5-8(6-4-7)9(10)11-2;1-3-10-9-6-4-8(2)5-7-9;1-2-9-8-6-4-3-5-7-8/h3-9H,2H2,1H3;3-7H,2,8-9H2,1H3;3-6H,1-2H3;4-7H,3H2,1-2H3;3-7H,2H2,1H3. The highest BCUT2D eigenvalue weighted by Crippen LogP contribution is 2.20. The van der Waals surface area contributed by atoms with Crippen molar-refractivity contribution < 1.29 is 28.5 Å². The first-order valence-electron chi connectivity index (χ1n) is 18.6. The van der Waals surface area contributed by atoms with E-state index in [1.165, 1.54) is 29.0 Å². The van der Waals surface area contributed by atoms with Crippen LogP contribution in [0.3, 0.4) is 0 Å². The van der Waals surface area contributed by atoms with Crippen molar-refractivity contribution in [3.05, 3.63) is 174 Å². The molecule has 6 aromatic carbocycles. The molecule has 0 aliphatic heterocycles.